The summed E-state index contributed by atoms with van der Waals surface area (Å²) in [5.41, 5.74) is 2.85. The fourth-order valence-electron chi connectivity index (χ4n) is 3.00. The van der Waals surface area contributed by atoms with Gasteiger partial charge in [-0.15, -0.1) is 0 Å². The predicted octanol–water partition coefficient (Wildman–Crippen LogP) is 3.35. The van der Waals surface area contributed by atoms with Crippen LogP contribution in [-0.2, 0) is 6.54 Å². The molecule has 0 amide bonds. The lowest BCUT2D eigenvalue weighted by molar-refractivity contribution is 0.161. The molecule has 0 unspecified atom stereocenters. The SMILES string of the molecule is Cc1ccc2cc(CN(C)CC3(CO)CC3)ccc2c1. The maximum Gasteiger partial charge on any atom is 0.0499 e. The highest BCUT2D eigenvalue weighted by Gasteiger charge is 2.42. The van der Waals surface area contributed by atoms with Gasteiger partial charge in [-0.3, -0.25) is 0 Å². The van der Waals surface area contributed by atoms with E-state index in [2.05, 4.69) is 55.3 Å². The monoisotopic (exact) mass is 269 g/mol. The Morgan fingerprint density at radius 1 is 1.10 bits per heavy atom. The summed E-state index contributed by atoms with van der Waals surface area (Å²) in [4.78, 5) is 2.33. The predicted molar refractivity (Wildman–Crippen MR) is 83.8 cm³/mol. The van der Waals surface area contributed by atoms with Crippen molar-refractivity contribution in [2.75, 3.05) is 20.2 Å². The topological polar surface area (TPSA) is 23.5 Å². The maximum atomic E-state index is 9.41. The first-order valence-corrected chi connectivity index (χ1v) is 7.39. The lowest BCUT2D eigenvalue weighted by Gasteiger charge is -2.22. The third-order valence-corrected chi connectivity index (χ3v) is 4.41. The van der Waals surface area contributed by atoms with Crippen LogP contribution in [0.3, 0.4) is 0 Å². The summed E-state index contributed by atoms with van der Waals surface area (Å²) < 4.78 is 0. The zero-order valence-electron chi connectivity index (χ0n) is 12.4. The molecule has 1 N–H and O–H groups in total. The van der Waals surface area contributed by atoms with Crippen LogP contribution in [0.5, 0.6) is 0 Å². The number of aryl methyl sites for hydroxylation is 1. The molecule has 1 saturated carbocycles. The van der Waals surface area contributed by atoms with Gasteiger partial charge in [-0.2, -0.15) is 0 Å². The molecule has 0 saturated heterocycles. The summed E-state index contributed by atoms with van der Waals surface area (Å²) in [5, 5.41) is 12.0. The van der Waals surface area contributed by atoms with E-state index in [4.69, 9.17) is 0 Å². The van der Waals surface area contributed by atoms with Crippen molar-refractivity contribution in [1.82, 2.24) is 4.90 Å². The fourth-order valence-corrected chi connectivity index (χ4v) is 3.00. The molecule has 0 aliphatic heterocycles. The second-order valence-corrected chi connectivity index (χ2v) is 6.52. The van der Waals surface area contributed by atoms with E-state index in [1.165, 1.54) is 34.7 Å². The van der Waals surface area contributed by atoms with E-state index < -0.39 is 0 Å². The van der Waals surface area contributed by atoms with E-state index >= 15 is 0 Å². The van der Waals surface area contributed by atoms with Crippen LogP contribution >= 0.6 is 0 Å². The third-order valence-electron chi connectivity index (χ3n) is 4.41. The summed E-state index contributed by atoms with van der Waals surface area (Å²) in [7, 11) is 2.15. The van der Waals surface area contributed by atoms with Crippen LogP contribution in [0.1, 0.15) is 24.0 Å². The Morgan fingerprint density at radius 3 is 2.50 bits per heavy atom. The van der Waals surface area contributed by atoms with E-state index in [0.717, 1.165) is 13.1 Å². The summed E-state index contributed by atoms with van der Waals surface area (Å²) in [6, 6.07) is 13.3. The molecule has 106 valence electrons. The van der Waals surface area contributed by atoms with Crippen LogP contribution < -0.4 is 0 Å². The van der Waals surface area contributed by atoms with Gasteiger partial charge in [-0.1, -0.05) is 35.9 Å². The van der Waals surface area contributed by atoms with E-state index in [-0.39, 0.29) is 5.41 Å². The van der Waals surface area contributed by atoms with Gasteiger partial charge in [0.2, 0.25) is 0 Å². The third kappa shape index (κ3) is 2.87. The maximum absolute atomic E-state index is 9.41. The molecule has 0 spiro atoms. The number of rotatable bonds is 5. The number of nitrogens with zero attached hydrogens (tertiary/aromatic N) is 1. The van der Waals surface area contributed by atoms with Crippen molar-refractivity contribution in [3.05, 3.63) is 47.5 Å². The number of aliphatic hydroxyl groups is 1. The number of benzene rings is 2. The van der Waals surface area contributed by atoms with Gasteiger partial charge in [-0.05, 0) is 49.2 Å². The largest absolute Gasteiger partial charge is 0.396 e. The van der Waals surface area contributed by atoms with Crippen LogP contribution in [0.15, 0.2) is 36.4 Å². The Balaban J connectivity index is 1.72. The van der Waals surface area contributed by atoms with Crippen molar-refractivity contribution in [3.8, 4) is 0 Å². The highest BCUT2D eigenvalue weighted by molar-refractivity contribution is 5.83. The molecule has 0 radical (unpaired) electrons. The van der Waals surface area contributed by atoms with E-state index in [1.54, 1.807) is 0 Å². The Hall–Kier alpha value is -1.38. The van der Waals surface area contributed by atoms with Crippen LogP contribution in [0.4, 0.5) is 0 Å². The van der Waals surface area contributed by atoms with Crippen molar-refractivity contribution in [2.24, 2.45) is 5.41 Å². The van der Waals surface area contributed by atoms with Crippen LogP contribution in [0, 0.1) is 12.3 Å². The molecule has 1 fully saturated rings. The van der Waals surface area contributed by atoms with Gasteiger partial charge in [0.15, 0.2) is 0 Å². The smallest absolute Gasteiger partial charge is 0.0499 e. The van der Waals surface area contributed by atoms with Gasteiger partial charge in [0.25, 0.3) is 0 Å². The molecule has 2 aromatic carbocycles. The zero-order chi connectivity index (χ0) is 14.2. The van der Waals surface area contributed by atoms with Gasteiger partial charge in [0.05, 0.1) is 0 Å². The normalized spacial score (nSPS) is 16.8. The minimum Gasteiger partial charge on any atom is -0.396 e. The summed E-state index contributed by atoms with van der Waals surface area (Å²) in [6.45, 7) is 4.40. The Bertz CT molecular complexity index is 616. The van der Waals surface area contributed by atoms with Gasteiger partial charge < -0.3 is 10.0 Å². The molecule has 0 aromatic heterocycles. The van der Waals surface area contributed by atoms with E-state index in [0.29, 0.717) is 6.61 Å². The minimum atomic E-state index is 0.197. The van der Waals surface area contributed by atoms with Crippen LogP contribution in [-0.4, -0.2) is 30.2 Å². The van der Waals surface area contributed by atoms with Gasteiger partial charge in [0.1, 0.15) is 0 Å². The second-order valence-electron chi connectivity index (χ2n) is 6.52. The van der Waals surface area contributed by atoms with Crippen LogP contribution in [0.25, 0.3) is 10.8 Å². The molecule has 20 heavy (non-hydrogen) atoms. The van der Waals surface area contributed by atoms with E-state index in [9.17, 15) is 5.11 Å². The second kappa shape index (κ2) is 5.19. The molecular formula is C18H23NO. The van der Waals surface area contributed by atoms with Crippen molar-refractivity contribution < 1.29 is 5.11 Å². The number of hydrogen-bond acceptors (Lipinski definition) is 2. The molecule has 1 aliphatic carbocycles. The van der Waals surface area contributed by atoms with Crippen molar-refractivity contribution in [3.63, 3.8) is 0 Å². The molecule has 2 heteroatoms. The Kier molecular flexibility index (Phi) is 3.53. The molecule has 1 aliphatic rings. The standard InChI is InChI=1S/C18H23NO/c1-14-3-5-17-10-15(4-6-16(17)9-14)11-19(2)12-18(13-20)7-8-18/h3-6,9-10,20H,7-8,11-13H2,1-2H3. The quantitative estimate of drug-likeness (QED) is 0.899. The molecule has 0 bridgehead atoms. The Morgan fingerprint density at radius 2 is 1.80 bits per heavy atom. The van der Waals surface area contributed by atoms with Gasteiger partial charge >= 0.3 is 0 Å². The van der Waals surface area contributed by atoms with Crippen LogP contribution in [0.2, 0.25) is 0 Å². The number of aliphatic hydroxyl groups excluding tert-OH is 1. The minimum absolute atomic E-state index is 0.197. The lowest BCUT2D eigenvalue weighted by atomic mass is 10.0. The summed E-state index contributed by atoms with van der Waals surface area (Å²) >= 11 is 0. The van der Waals surface area contributed by atoms with Crippen molar-refractivity contribution in [1.29, 1.82) is 0 Å². The average Bonchev–Trinajstić information content (AvgIpc) is 3.19. The molecule has 0 heterocycles. The number of fused-ring (bicyclic) bond motifs is 1. The van der Waals surface area contributed by atoms with Gasteiger partial charge in [-0.25, -0.2) is 0 Å². The molecule has 2 nitrogen and oxygen atoms in total. The molecule has 2 aromatic rings. The fraction of sp³-hybridized carbons (Fsp3) is 0.444. The molecular weight excluding hydrogens is 246 g/mol. The first-order chi connectivity index (χ1) is 9.60. The lowest BCUT2D eigenvalue weighted by Crippen LogP contribution is -2.28. The first-order valence-electron chi connectivity index (χ1n) is 7.39. The van der Waals surface area contributed by atoms with Gasteiger partial charge in [0, 0.05) is 25.1 Å². The summed E-state index contributed by atoms with van der Waals surface area (Å²) in [6.07, 6.45) is 2.34. The van der Waals surface area contributed by atoms with E-state index in [1.807, 2.05) is 0 Å². The first kappa shape index (κ1) is 13.6. The Labute approximate surface area is 121 Å². The molecule has 3 rings (SSSR count). The molecule has 0 atom stereocenters. The average molecular weight is 269 g/mol. The van der Waals surface area contributed by atoms with Crippen molar-refractivity contribution >= 4 is 10.8 Å². The van der Waals surface area contributed by atoms with Crippen molar-refractivity contribution in [2.45, 2.75) is 26.3 Å². The highest BCUT2D eigenvalue weighted by atomic mass is 16.3. The zero-order valence-corrected chi connectivity index (χ0v) is 12.4. The number of hydrogen-bond donors (Lipinski definition) is 1. The highest BCUT2D eigenvalue weighted by Crippen LogP contribution is 2.45. The summed E-state index contributed by atoms with van der Waals surface area (Å²) in [5.74, 6) is 0.